The van der Waals surface area contributed by atoms with Crippen LogP contribution in [0, 0.1) is 13.8 Å². The molecule has 0 aliphatic heterocycles. The van der Waals surface area contributed by atoms with E-state index < -0.39 is 0 Å². The van der Waals surface area contributed by atoms with Crippen molar-refractivity contribution in [3.8, 4) is 5.82 Å². The summed E-state index contributed by atoms with van der Waals surface area (Å²) in [5.41, 5.74) is 2.44. The fraction of sp³-hybridized carbons (Fsp3) is 0.235. The van der Waals surface area contributed by atoms with Gasteiger partial charge >= 0.3 is 0 Å². The van der Waals surface area contributed by atoms with Crippen molar-refractivity contribution in [2.45, 2.75) is 13.8 Å². The first-order valence-electron chi connectivity index (χ1n) is 8.01. The van der Waals surface area contributed by atoms with E-state index in [1.165, 1.54) is 12.5 Å². The summed E-state index contributed by atoms with van der Waals surface area (Å²) < 4.78 is 2.53. The van der Waals surface area contributed by atoms with E-state index in [9.17, 15) is 4.79 Å². The van der Waals surface area contributed by atoms with Crippen molar-refractivity contribution in [3.63, 3.8) is 0 Å². The largest absolute Gasteiger partial charge is 0.368 e. The van der Waals surface area contributed by atoms with Gasteiger partial charge in [0.15, 0.2) is 5.82 Å². The Labute approximate surface area is 159 Å². The second-order valence-electron chi connectivity index (χ2n) is 5.67. The normalized spacial score (nSPS) is 10.6. The lowest BCUT2D eigenvalue weighted by atomic mass is 10.3. The molecule has 0 aromatic carbocycles. The highest BCUT2D eigenvalue weighted by Crippen LogP contribution is 2.12. The lowest BCUT2D eigenvalue weighted by molar-refractivity contribution is 0.0954. The summed E-state index contributed by atoms with van der Waals surface area (Å²) in [4.78, 5) is 24.5. The van der Waals surface area contributed by atoms with Crippen LogP contribution in [-0.4, -0.2) is 43.7 Å². The SMILES string of the molecule is Cc1cc(C)n(-c2cc(NCCNC(=O)c3cncc(Br)c3)ncn2)n1. The molecule has 0 spiro atoms. The minimum absolute atomic E-state index is 0.174. The number of hydrogen-bond acceptors (Lipinski definition) is 6. The van der Waals surface area contributed by atoms with E-state index in [4.69, 9.17) is 0 Å². The van der Waals surface area contributed by atoms with Crippen LogP contribution in [0.2, 0.25) is 0 Å². The molecule has 9 heteroatoms. The molecule has 3 aromatic rings. The van der Waals surface area contributed by atoms with Crippen LogP contribution in [0.3, 0.4) is 0 Å². The number of aromatic nitrogens is 5. The van der Waals surface area contributed by atoms with Crippen LogP contribution in [0.1, 0.15) is 21.7 Å². The predicted molar refractivity (Wildman–Crippen MR) is 101 cm³/mol. The number of halogens is 1. The number of rotatable bonds is 6. The summed E-state index contributed by atoms with van der Waals surface area (Å²) in [7, 11) is 0. The third-order valence-electron chi connectivity index (χ3n) is 3.56. The summed E-state index contributed by atoms with van der Waals surface area (Å²) in [5, 5.41) is 10.4. The number of nitrogens with one attached hydrogen (secondary N) is 2. The molecule has 0 saturated carbocycles. The topological polar surface area (TPSA) is 97.6 Å². The van der Waals surface area contributed by atoms with Crippen LogP contribution in [-0.2, 0) is 0 Å². The molecule has 0 aliphatic carbocycles. The smallest absolute Gasteiger partial charge is 0.252 e. The Morgan fingerprint density at radius 2 is 2.00 bits per heavy atom. The average Bonchev–Trinajstić information content (AvgIpc) is 2.97. The zero-order chi connectivity index (χ0) is 18.5. The quantitative estimate of drug-likeness (QED) is 0.599. The van der Waals surface area contributed by atoms with E-state index in [0.717, 1.165) is 15.9 Å². The Bertz CT molecular complexity index is 925. The molecule has 0 bridgehead atoms. The van der Waals surface area contributed by atoms with Crippen molar-refractivity contribution in [2.75, 3.05) is 18.4 Å². The Hall–Kier alpha value is -2.81. The average molecular weight is 416 g/mol. The van der Waals surface area contributed by atoms with Crippen molar-refractivity contribution in [1.29, 1.82) is 0 Å². The highest BCUT2D eigenvalue weighted by molar-refractivity contribution is 9.10. The lowest BCUT2D eigenvalue weighted by Gasteiger charge is -2.09. The van der Waals surface area contributed by atoms with E-state index in [1.54, 1.807) is 16.9 Å². The van der Waals surface area contributed by atoms with Gasteiger partial charge in [0.25, 0.3) is 5.91 Å². The number of carbonyl (C=O) groups is 1. The van der Waals surface area contributed by atoms with Gasteiger partial charge in [-0.3, -0.25) is 9.78 Å². The van der Waals surface area contributed by atoms with Crippen molar-refractivity contribution < 1.29 is 4.79 Å². The maximum atomic E-state index is 12.1. The first-order chi connectivity index (χ1) is 12.5. The summed E-state index contributed by atoms with van der Waals surface area (Å²) in [5.74, 6) is 1.19. The van der Waals surface area contributed by atoms with Crippen LogP contribution in [0.4, 0.5) is 5.82 Å². The highest BCUT2D eigenvalue weighted by atomic mass is 79.9. The number of pyridine rings is 1. The molecule has 0 atom stereocenters. The Kier molecular flexibility index (Phi) is 5.57. The van der Waals surface area contributed by atoms with E-state index >= 15 is 0 Å². The van der Waals surface area contributed by atoms with Gasteiger partial charge in [0.05, 0.1) is 11.3 Å². The maximum Gasteiger partial charge on any atom is 0.252 e. The van der Waals surface area contributed by atoms with E-state index in [2.05, 4.69) is 46.6 Å². The summed E-state index contributed by atoms with van der Waals surface area (Å²) >= 11 is 3.30. The molecular weight excluding hydrogens is 398 g/mol. The number of carbonyl (C=O) groups excluding carboxylic acids is 1. The molecule has 0 saturated heterocycles. The predicted octanol–water partition coefficient (Wildman–Crippen LogP) is 2.28. The zero-order valence-corrected chi connectivity index (χ0v) is 16.0. The molecule has 8 nitrogen and oxygen atoms in total. The van der Waals surface area contributed by atoms with Crippen molar-refractivity contribution in [3.05, 3.63) is 58.3 Å². The van der Waals surface area contributed by atoms with Crippen LogP contribution >= 0.6 is 15.9 Å². The zero-order valence-electron chi connectivity index (χ0n) is 14.4. The second kappa shape index (κ2) is 8.05. The van der Waals surface area contributed by atoms with Gasteiger partial charge in [-0.15, -0.1) is 0 Å². The first-order valence-corrected chi connectivity index (χ1v) is 8.80. The van der Waals surface area contributed by atoms with Crippen molar-refractivity contribution in [2.24, 2.45) is 0 Å². The van der Waals surface area contributed by atoms with Gasteiger partial charge in [0.2, 0.25) is 0 Å². The molecule has 0 fully saturated rings. The lowest BCUT2D eigenvalue weighted by Crippen LogP contribution is -2.29. The third kappa shape index (κ3) is 4.42. The molecule has 134 valence electrons. The molecule has 0 radical (unpaired) electrons. The molecule has 0 unspecified atom stereocenters. The minimum Gasteiger partial charge on any atom is -0.368 e. The second-order valence-corrected chi connectivity index (χ2v) is 6.59. The number of aryl methyl sites for hydroxylation is 2. The van der Waals surface area contributed by atoms with E-state index in [0.29, 0.717) is 30.3 Å². The Morgan fingerprint density at radius 3 is 2.73 bits per heavy atom. The van der Waals surface area contributed by atoms with Gasteiger partial charge in [-0.25, -0.2) is 14.6 Å². The fourth-order valence-electron chi connectivity index (χ4n) is 2.43. The summed E-state index contributed by atoms with van der Waals surface area (Å²) in [6.07, 6.45) is 4.65. The van der Waals surface area contributed by atoms with Gasteiger partial charge in [-0.05, 0) is 41.9 Å². The Morgan fingerprint density at radius 1 is 1.15 bits per heavy atom. The van der Waals surface area contributed by atoms with Crippen LogP contribution < -0.4 is 10.6 Å². The minimum atomic E-state index is -0.174. The molecule has 0 aliphatic rings. The molecule has 1 amide bonds. The monoisotopic (exact) mass is 415 g/mol. The van der Waals surface area contributed by atoms with E-state index in [-0.39, 0.29) is 5.91 Å². The molecule has 2 N–H and O–H groups in total. The Balaban J connectivity index is 1.55. The molecule has 26 heavy (non-hydrogen) atoms. The third-order valence-corrected chi connectivity index (χ3v) is 4.00. The standard InChI is InChI=1S/C17H18BrN7O/c1-11-5-12(2)25(24-11)16-7-15(22-10-23-16)20-3-4-21-17(26)13-6-14(18)9-19-8-13/h5-10H,3-4H2,1-2H3,(H,21,26)(H,20,22,23). The molecular formula is C17H18BrN7O. The summed E-state index contributed by atoms with van der Waals surface area (Å²) in [6, 6.07) is 5.53. The fourth-order valence-corrected chi connectivity index (χ4v) is 2.79. The van der Waals surface area contributed by atoms with Gasteiger partial charge in [-0.2, -0.15) is 5.10 Å². The van der Waals surface area contributed by atoms with Crippen LogP contribution in [0.25, 0.3) is 5.82 Å². The summed E-state index contributed by atoms with van der Waals surface area (Å²) in [6.45, 7) is 4.89. The number of anilines is 1. The van der Waals surface area contributed by atoms with Crippen LogP contribution in [0.15, 0.2) is 41.4 Å². The maximum absolute atomic E-state index is 12.1. The highest BCUT2D eigenvalue weighted by Gasteiger charge is 2.07. The van der Waals surface area contributed by atoms with Gasteiger partial charge < -0.3 is 10.6 Å². The first kappa shape index (κ1) is 18.0. The molecule has 3 rings (SSSR count). The number of hydrogen-bond donors (Lipinski definition) is 2. The number of nitrogens with zero attached hydrogens (tertiary/aromatic N) is 5. The van der Waals surface area contributed by atoms with Crippen LogP contribution in [0.5, 0.6) is 0 Å². The van der Waals surface area contributed by atoms with Crippen molar-refractivity contribution >= 4 is 27.7 Å². The number of amides is 1. The van der Waals surface area contributed by atoms with Crippen molar-refractivity contribution in [1.82, 2.24) is 30.0 Å². The van der Waals surface area contributed by atoms with E-state index in [1.807, 2.05) is 26.0 Å². The van der Waals surface area contributed by atoms with Gasteiger partial charge in [0.1, 0.15) is 12.1 Å². The molecule has 3 heterocycles. The van der Waals surface area contributed by atoms with Gasteiger partial charge in [0, 0.05) is 41.7 Å². The molecule has 3 aromatic heterocycles. The van der Waals surface area contributed by atoms with Gasteiger partial charge in [-0.1, -0.05) is 0 Å².